The van der Waals surface area contributed by atoms with Crippen LogP contribution in [0.4, 0.5) is 0 Å². The van der Waals surface area contributed by atoms with Gasteiger partial charge in [-0.1, -0.05) is 30.7 Å². The van der Waals surface area contributed by atoms with Crippen molar-refractivity contribution in [2.45, 2.75) is 34.1 Å². The fraction of sp³-hybridized carbons (Fsp3) is 0.364. The number of benzene rings is 2. The molecule has 6 nitrogen and oxygen atoms in total. The Balaban J connectivity index is 2.31. The second-order valence-corrected chi connectivity index (χ2v) is 6.40. The summed E-state index contributed by atoms with van der Waals surface area (Å²) in [6.07, 6.45) is 0.652. The minimum absolute atomic E-state index is 0.366. The molecular weight excluding hydrogens is 392 g/mol. The Morgan fingerprint density at radius 3 is 1.93 bits per heavy atom. The summed E-state index contributed by atoms with van der Waals surface area (Å²) in [7, 11) is 0. The molecule has 156 valence electrons. The fourth-order valence-electron chi connectivity index (χ4n) is 2.69. The molecule has 0 fully saturated rings. The van der Waals surface area contributed by atoms with Crippen LogP contribution in [-0.2, 0) is 0 Å². The van der Waals surface area contributed by atoms with E-state index < -0.39 is 0 Å². The van der Waals surface area contributed by atoms with Crippen LogP contribution in [0.2, 0.25) is 5.02 Å². The zero-order chi connectivity index (χ0) is 21.2. The van der Waals surface area contributed by atoms with Gasteiger partial charge in [0, 0.05) is 10.6 Å². The average Bonchev–Trinajstić information content (AvgIpc) is 2.72. The van der Waals surface area contributed by atoms with Gasteiger partial charge in [-0.3, -0.25) is 4.79 Å². The van der Waals surface area contributed by atoms with E-state index in [9.17, 15) is 4.79 Å². The number of rotatable bonds is 10. The molecule has 0 atom stereocenters. The van der Waals surface area contributed by atoms with Crippen LogP contribution in [0.25, 0.3) is 0 Å². The number of hydrogen-bond donors (Lipinski definition) is 1. The minimum Gasteiger partial charge on any atom is -0.490 e. The maximum Gasteiger partial charge on any atom is 0.271 e. The number of nitrogens with zero attached hydrogens (tertiary/aromatic N) is 1. The van der Waals surface area contributed by atoms with Crippen LogP contribution in [0.5, 0.6) is 17.2 Å². The van der Waals surface area contributed by atoms with Crippen molar-refractivity contribution in [3.8, 4) is 17.2 Å². The number of amides is 1. The predicted molar refractivity (Wildman–Crippen MR) is 116 cm³/mol. The molecule has 0 saturated heterocycles. The molecule has 2 aromatic carbocycles. The van der Waals surface area contributed by atoms with Crippen molar-refractivity contribution in [2.75, 3.05) is 19.8 Å². The SMILES string of the molecule is CCOc1cc(C(=O)N/N=C(\CC)c2ccc(Cl)cc2)cc(OCC)c1OCC. The van der Waals surface area contributed by atoms with Crippen LogP contribution in [-0.4, -0.2) is 31.4 Å². The first-order valence-electron chi connectivity index (χ1n) is 9.73. The first-order valence-corrected chi connectivity index (χ1v) is 10.1. The van der Waals surface area contributed by atoms with Crippen molar-refractivity contribution in [3.63, 3.8) is 0 Å². The number of nitrogens with one attached hydrogen (secondary N) is 1. The second kappa shape index (κ2) is 11.3. The predicted octanol–water partition coefficient (Wildman–Crippen LogP) is 5.08. The molecule has 2 aromatic rings. The first-order chi connectivity index (χ1) is 14.0. The maximum atomic E-state index is 12.7. The molecule has 1 N–H and O–H groups in total. The summed E-state index contributed by atoms with van der Waals surface area (Å²) in [5.74, 6) is 1.05. The molecule has 0 aliphatic rings. The highest BCUT2D eigenvalue weighted by Gasteiger charge is 2.18. The molecule has 2 rings (SSSR count). The van der Waals surface area contributed by atoms with E-state index in [0.29, 0.717) is 54.1 Å². The molecule has 0 saturated carbocycles. The average molecular weight is 419 g/mol. The van der Waals surface area contributed by atoms with Gasteiger partial charge in [-0.15, -0.1) is 0 Å². The molecule has 1 amide bonds. The Bertz CT molecular complexity index is 823. The number of hydrogen-bond acceptors (Lipinski definition) is 5. The van der Waals surface area contributed by atoms with Gasteiger partial charge >= 0.3 is 0 Å². The molecule has 0 aliphatic heterocycles. The molecule has 0 heterocycles. The summed E-state index contributed by atoms with van der Waals surface area (Å²) in [5, 5.41) is 4.94. The van der Waals surface area contributed by atoms with Gasteiger partial charge in [0.2, 0.25) is 5.75 Å². The maximum absolute atomic E-state index is 12.7. The van der Waals surface area contributed by atoms with E-state index in [4.69, 9.17) is 25.8 Å². The molecule has 29 heavy (non-hydrogen) atoms. The lowest BCUT2D eigenvalue weighted by Gasteiger charge is -2.16. The number of ether oxygens (including phenoxy) is 3. The number of carbonyl (C=O) groups excluding carboxylic acids is 1. The highest BCUT2D eigenvalue weighted by atomic mass is 35.5. The summed E-state index contributed by atoms with van der Waals surface area (Å²) in [4.78, 5) is 12.7. The Morgan fingerprint density at radius 2 is 1.45 bits per heavy atom. The Hall–Kier alpha value is -2.73. The number of carbonyl (C=O) groups is 1. The van der Waals surface area contributed by atoms with Crippen LogP contribution in [0, 0.1) is 0 Å². The van der Waals surface area contributed by atoms with E-state index in [1.54, 1.807) is 24.3 Å². The van der Waals surface area contributed by atoms with Crippen molar-refractivity contribution >= 4 is 23.2 Å². The van der Waals surface area contributed by atoms with Gasteiger partial charge in [0.15, 0.2) is 11.5 Å². The minimum atomic E-state index is -0.366. The van der Waals surface area contributed by atoms with Gasteiger partial charge in [-0.2, -0.15) is 5.10 Å². The van der Waals surface area contributed by atoms with Crippen molar-refractivity contribution in [1.29, 1.82) is 0 Å². The van der Waals surface area contributed by atoms with Gasteiger partial charge in [0.05, 0.1) is 25.5 Å². The monoisotopic (exact) mass is 418 g/mol. The van der Waals surface area contributed by atoms with Gasteiger partial charge < -0.3 is 14.2 Å². The van der Waals surface area contributed by atoms with Gasteiger partial charge in [0.1, 0.15) is 0 Å². The van der Waals surface area contributed by atoms with Crippen molar-refractivity contribution < 1.29 is 19.0 Å². The van der Waals surface area contributed by atoms with Gasteiger partial charge in [0.25, 0.3) is 5.91 Å². The van der Waals surface area contributed by atoms with E-state index in [1.807, 2.05) is 39.8 Å². The molecule has 0 spiro atoms. The van der Waals surface area contributed by atoms with Gasteiger partial charge in [-0.25, -0.2) is 5.43 Å². The van der Waals surface area contributed by atoms with E-state index in [-0.39, 0.29) is 5.91 Å². The lowest BCUT2D eigenvalue weighted by Crippen LogP contribution is -2.20. The Labute approximate surface area is 176 Å². The molecule has 0 bridgehead atoms. The summed E-state index contributed by atoms with van der Waals surface area (Å²) in [5.41, 5.74) is 4.63. The zero-order valence-corrected chi connectivity index (χ0v) is 18.0. The molecular formula is C22H27ClN2O4. The molecule has 0 radical (unpaired) electrons. The Kier molecular flexibility index (Phi) is 8.80. The topological polar surface area (TPSA) is 69.2 Å². The lowest BCUT2D eigenvalue weighted by molar-refractivity contribution is 0.0953. The van der Waals surface area contributed by atoms with Crippen LogP contribution >= 0.6 is 11.6 Å². The molecule has 0 aliphatic carbocycles. The van der Waals surface area contributed by atoms with Crippen LogP contribution < -0.4 is 19.6 Å². The van der Waals surface area contributed by atoms with E-state index in [2.05, 4.69) is 10.5 Å². The third-order valence-corrected chi connectivity index (χ3v) is 4.23. The standard InChI is InChI=1S/C22H27ClN2O4/c1-5-18(15-9-11-17(23)12-10-15)24-25-22(26)16-13-19(27-6-2)21(29-8-4)20(14-16)28-7-3/h9-14H,5-8H2,1-4H3,(H,25,26)/b24-18+. The third-order valence-electron chi connectivity index (χ3n) is 3.98. The summed E-state index contributed by atoms with van der Waals surface area (Å²) < 4.78 is 17.0. The largest absolute Gasteiger partial charge is 0.490 e. The highest BCUT2D eigenvalue weighted by Crippen LogP contribution is 2.39. The summed E-state index contributed by atoms with van der Waals surface area (Å²) in [6.45, 7) is 8.91. The summed E-state index contributed by atoms with van der Waals surface area (Å²) >= 11 is 5.94. The number of hydrazone groups is 1. The Morgan fingerprint density at radius 1 is 0.897 bits per heavy atom. The zero-order valence-electron chi connectivity index (χ0n) is 17.3. The van der Waals surface area contributed by atoms with Gasteiger partial charge in [-0.05, 0) is 57.0 Å². The smallest absolute Gasteiger partial charge is 0.271 e. The molecule has 7 heteroatoms. The van der Waals surface area contributed by atoms with E-state index in [0.717, 1.165) is 11.3 Å². The fourth-order valence-corrected chi connectivity index (χ4v) is 2.82. The normalized spacial score (nSPS) is 11.1. The highest BCUT2D eigenvalue weighted by molar-refractivity contribution is 6.30. The van der Waals surface area contributed by atoms with Crippen LogP contribution in [0.3, 0.4) is 0 Å². The van der Waals surface area contributed by atoms with E-state index >= 15 is 0 Å². The molecule has 0 unspecified atom stereocenters. The molecule has 0 aromatic heterocycles. The lowest BCUT2D eigenvalue weighted by atomic mass is 10.1. The van der Waals surface area contributed by atoms with Crippen LogP contribution in [0.1, 0.15) is 50.0 Å². The van der Waals surface area contributed by atoms with E-state index in [1.165, 1.54) is 0 Å². The second-order valence-electron chi connectivity index (χ2n) is 5.96. The number of halogens is 1. The third kappa shape index (κ3) is 6.12. The van der Waals surface area contributed by atoms with Crippen molar-refractivity contribution in [1.82, 2.24) is 5.43 Å². The van der Waals surface area contributed by atoms with Crippen molar-refractivity contribution in [2.24, 2.45) is 5.10 Å². The van der Waals surface area contributed by atoms with Crippen molar-refractivity contribution in [3.05, 3.63) is 52.5 Å². The van der Waals surface area contributed by atoms with Crippen LogP contribution in [0.15, 0.2) is 41.5 Å². The summed E-state index contributed by atoms with van der Waals surface area (Å²) in [6, 6.07) is 10.6. The first kappa shape index (κ1) is 22.6. The quantitative estimate of drug-likeness (QED) is 0.431.